The highest BCUT2D eigenvalue weighted by molar-refractivity contribution is 6.31. The molecule has 182 valence electrons. The number of carbonyl (C=O) groups excluding carboxylic acids is 1. The van der Waals surface area contributed by atoms with Crippen LogP contribution in [-0.2, 0) is 32.6 Å². The normalized spacial score (nSPS) is 16.7. The predicted octanol–water partition coefficient (Wildman–Crippen LogP) is 3.52. The smallest absolute Gasteiger partial charge is 0.326 e. The molecular formula is C25H31ClN4O4. The maximum Gasteiger partial charge on any atom is 0.326 e. The van der Waals surface area contributed by atoms with Gasteiger partial charge in [0.15, 0.2) is 0 Å². The summed E-state index contributed by atoms with van der Waals surface area (Å²) < 4.78 is 5.65. The van der Waals surface area contributed by atoms with Crippen LogP contribution in [0, 0.1) is 0 Å². The summed E-state index contributed by atoms with van der Waals surface area (Å²) in [7, 11) is 0. The van der Waals surface area contributed by atoms with Crippen LogP contribution >= 0.6 is 11.6 Å². The van der Waals surface area contributed by atoms with Crippen molar-refractivity contribution in [3.8, 4) is 0 Å². The number of aryl methyl sites for hydroxylation is 2. The van der Waals surface area contributed by atoms with Gasteiger partial charge in [-0.15, -0.1) is 0 Å². The van der Waals surface area contributed by atoms with Crippen LogP contribution in [0.2, 0.25) is 5.02 Å². The minimum absolute atomic E-state index is 0.200. The molecule has 34 heavy (non-hydrogen) atoms. The molecule has 1 unspecified atom stereocenters. The monoisotopic (exact) mass is 486 g/mol. The third-order valence-electron chi connectivity index (χ3n) is 6.47. The van der Waals surface area contributed by atoms with E-state index in [0.717, 1.165) is 50.2 Å². The molecule has 0 aromatic carbocycles. The van der Waals surface area contributed by atoms with Crippen molar-refractivity contribution in [3.63, 3.8) is 0 Å². The maximum atomic E-state index is 12.9. The molecular weight excluding hydrogens is 456 g/mol. The minimum atomic E-state index is -1.08. The van der Waals surface area contributed by atoms with Gasteiger partial charge in [0.05, 0.1) is 16.1 Å². The molecule has 0 bridgehead atoms. The van der Waals surface area contributed by atoms with Gasteiger partial charge in [0.1, 0.15) is 11.9 Å². The Kier molecular flexibility index (Phi) is 8.00. The molecule has 3 N–H and O–H groups in total. The largest absolute Gasteiger partial charge is 0.480 e. The van der Waals surface area contributed by atoms with Crippen molar-refractivity contribution in [1.82, 2.24) is 15.3 Å². The van der Waals surface area contributed by atoms with E-state index in [9.17, 15) is 14.7 Å². The molecule has 3 heterocycles. The molecule has 2 aromatic heterocycles. The van der Waals surface area contributed by atoms with Crippen LogP contribution in [0.4, 0.5) is 5.82 Å². The fraction of sp³-hybridized carbons (Fsp3) is 0.520. The molecule has 2 aliphatic rings. The van der Waals surface area contributed by atoms with Crippen LogP contribution in [0.5, 0.6) is 0 Å². The second kappa shape index (κ2) is 11.1. The lowest BCUT2D eigenvalue weighted by molar-refractivity contribution is -0.142. The summed E-state index contributed by atoms with van der Waals surface area (Å²) in [6.07, 6.45) is 7.92. The average Bonchev–Trinajstić information content (AvgIpc) is 3.64. The van der Waals surface area contributed by atoms with Gasteiger partial charge in [0, 0.05) is 38.1 Å². The third kappa shape index (κ3) is 5.85. The van der Waals surface area contributed by atoms with Crippen LogP contribution in [0.15, 0.2) is 30.5 Å². The second-order valence-electron chi connectivity index (χ2n) is 8.98. The molecule has 1 aliphatic heterocycles. The number of pyridine rings is 2. The molecule has 2 aromatic rings. The summed E-state index contributed by atoms with van der Waals surface area (Å²) >= 11 is 6.22. The standard InChI is InChI=1S/C25H31ClN4O4/c26-19-7-4-13-27-21(19)25(11-12-25)24(33)30-20(23(31)32)10-16-34-15-2-1-6-18-9-8-17-5-3-14-28-22(17)29-18/h4,7-9,13,20H,1-3,5-6,10-12,14-16H2,(H,28,29)(H,30,33)(H,31,32). The topological polar surface area (TPSA) is 113 Å². The zero-order valence-corrected chi connectivity index (χ0v) is 19.9. The molecule has 1 amide bonds. The van der Waals surface area contributed by atoms with E-state index in [4.69, 9.17) is 21.3 Å². The van der Waals surface area contributed by atoms with Crippen LogP contribution in [0.1, 0.15) is 55.5 Å². The van der Waals surface area contributed by atoms with Gasteiger partial charge in [0.25, 0.3) is 0 Å². The van der Waals surface area contributed by atoms with Gasteiger partial charge in [-0.3, -0.25) is 9.78 Å². The van der Waals surface area contributed by atoms with Crippen molar-refractivity contribution < 1.29 is 19.4 Å². The Labute approximate surface area is 204 Å². The van der Waals surface area contributed by atoms with E-state index in [-0.39, 0.29) is 18.9 Å². The molecule has 1 saturated carbocycles. The number of nitrogens with zero attached hydrogens (tertiary/aromatic N) is 2. The second-order valence-corrected chi connectivity index (χ2v) is 9.39. The van der Waals surface area contributed by atoms with E-state index in [0.29, 0.717) is 30.2 Å². The molecule has 0 saturated heterocycles. The van der Waals surface area contributed by atoms with Gasteiger partial charge < -0.3 is 20.5 Å². The Morgan fingerprint density at radius 2 is 2.09 bits per heavy atom. The molecule has 9 heteroatoms. The molecule has 4 rings (SSSR count). The number of anilines is 1. The van der Waals surface area contributed by atoms with E-state index in [1.807, 2.05) is 0 Å². The number of carboxylic acid groups (broad SMARTS) is 1. The van der Waals surface area contributed by atoms with Gasteiger partial charge in [0.2, 0.25) is 5.91 Å². The highest BCUT2D eigenvalue weighted by Crippen LogP contribution is 2.49. The number of hydrogen-bond donors (Lipinski definition) is 3. The highest BCUT2D eigenvalue weighted by atomic mass is 35.5. The highest BCUT2D eigenvalue weighted by Gasteiger charge is 2.54. The Balaban J connectivity index is 1.16. The quantitative estimate of drug-likeness (QED) is 0.393. The predicted molar refractivity (Wildman–Crippen MR) is 129 cm³/mol. The number of nitrogens with one attached hydrogen (secondary N) is 2. The number of hydrogen-bond acceptors (Lipinski definition) is 6. The van der Waals surface area contributed by atoms with Crippen molar-refractivity contribution in [2.24, 2.45) is 0 Å². The van der Waals surface area contributed by atoms with Crippen molar-refractivity contribution in [1.29, 1.82) is 0 Å². The van der Waals surface area contributed by atoms with E-state index < -0.39 is 17.4 Å². The van der Waals surface area contributed by atoms with Crippen LogP contribution in [-0.4, -0.2) is 52.8 Å². The van der Waals surface area contributed by atoms with E-state index in [1.165, 1.54) is 5.56 Å². The Bertz CT molecular complexity index is 1030. The first-order valence-electron chi connectivity index (χ1n) is 11.9. The summed E-state index contributed by atoms with van der Waals surface area (Å²) in [5.41, 5.74) is 2.05. The van der Waals surface area contributed by atoms with Crippen molar-refractivity contribution >= 4 is 29.3 Å². The number of halogens is 1. The van der Waals surface area contributed by atoms with Crippen LogP contribution in [0.3, 0.4) is 0 Å². The Hall–Kier alpha value is -2.71. The minimum Gasteiger partial charge on any atom is -0.480 e. The summed E-state index contributed by atoms with van der Waals surface area (Å²) in [5, 5.41) is 16.0. The number of unbranched alkanes of at least 4 members (excludes halogenated alkanes) is 1. The molecule has 0 radical (unpaired) electrons. The van der Waals surface area contributed by atoms with Crippen LogP contribution < -0.4 is 10.6 Å². The number of amides is 1. The van der Waals surface area contributed by atoms with Crippen LogP contribution in [0.25, 0.3) is 0 Å². The molecule has 0 spiro atoms. The number of fused-ring (bicyclic) bond motifs is 1. The zero-order chi connectivity index (χ0) is 24.0. The summed E-state index contributed by atoms with van der Waals surface area (Å²) in [6, 6.07) is 6.64. The van der Waals surface area contributed by atoms with Gasteiger partial charge in [-0.2, -0.15) is 0 Å². The SMILES string of the molecule is O=C(O)C(CCOCCCCc1ccc2c(n1)NCCC2)NC(=O)C1(c2ncccc2Cl)CC1. The fourth-order valence-electron chi connectivity index (χ4n) is 4.31. The van der Waals surface area contributed by atoms with Gasteiger partial charge in [-0.25, -0.2) is 9.78 Å². The molecule has 1 aliphatic carbocycles. The number of carboxylic acids is 1. The van der Waals surface area contributed by atoms with Gasteiger partial charge >= 0.3 is 5.97 Å². The summed E-state index contributed by atoms with van der Waals surface area (Å²) in [6.45, 7) is 1.78. The Morgan fingerprint density at radius 1 is 1.24 bits per heavy atom. The lowest BCUT2D eigenvalue weighted by Gasteiger charge is -2.20. The number of rotatable bonds is 12. The molecule has 8 nitrogen and oxygen atoms in total. The van der Waals surface area contributed by atoms with E-state index in [1.54, 1.807) is 18.3 Å². The number of ether oxygens (including phenoxy) is 1. The Morgan fingerprint density at radius 3 is 2.85 bits per heavy atom. The average molecular weight is 487 g/mol. The zero-order valence-electron chi connectivity index (χ0n) is 19.2. The van der Waals surface area contributed by atoms with Gasteiger partial charge in [-0.1, -0.05) is 17.7 Å². The third-order valence-corrected chi connectivity index (χ3v) is 6.78. The summed E-state index contributed by atoms with van der Waals surface area (Å²) in [5.74, 6) is -0.403. The fourth-order valence-corrected chi connectivity index (χ4v) is 4.61. The van der Waals surface area contributed by atoms with Crippen molar-refractivity contribution in [2.75, 3.05) is 25.1 Å². The van der Waals surface area contributed by atoms with Gasteiger partial charge in [-0.05, 0) is 68.7 Å². The van der Waals surface area contributed by atoms with E-state index >= 15 is 0 Å². The number of carbonyl (C=O) groups is 2. The lowest BCUT2D eigenvalue weighted by Crippen LogP contribution is -2.46. The lowest BCUT2D eigenvalue weighted by atomic mass is 9.99. The number of aromatic nitrogens is 2. The summed E-state index contributed by atoms with van der Waals surface area (Å²) in [4.78, 5) is 33.5. The molecule has 1 atom stereocenters. The first-order valence-corrected chi connectivity index (χ1v) is 12.3. The van der Waals surface area contributed by atoms with Crippen molar-refractivity contribution in [2.45, 2.75) is 62.8 Å². The van der Waals surface area contributed by atoms with E-state index in [2.05, 4.69) is 27.8 Å². The molecule has 1 fully saturated rings. The maximum absolute atomic E-state index is 12.9. The number of aliphatic carboxylic acids is 1. The first-order chi connectivity index (χ1) is 16.5. The first kappa shape index (κ1) is 24.4. The van der Waals surface area contributed by atoms with Crippen molar-refractivity contribution in [3.05, 3.63) is 52.4 Å².